The second kappa shape index (κ2) is 7.45. The van der Waals surface area contributed by atoms with Gasteiger partial charge in [-0.25, -0.2) is 0 Å². The lowest BCUT2D eigenvalue weighted by Crippen LogP contribution is -2.41. The van der Waals surface area contributed by atoms with E-state index < -0.39 is 0 Å². The molecule has 0 aliphatic heterocycles. The van der Waals surface area contributed by atoms with Crippen LogP contribution >= 0.6 is 0 Å². The molecule has 120 valence electrons. The van der Waals surface area contributed by atoms with Crippen LogP contribution in [0.1, 0.15) is 38.8 Å². The molecule has 2 aromatic carbocycles. The molecule has 2 rings (SSSR count). The number of amides is 2. The summed E-state index contributed by atoms with van der Waals surface area (Å²) in [6, 6.07) is 12.3. The van der Waals surface area contributed by atoms with Gasteiger partial charge in [0.1, 0.15) is 5.75 Å². The molecule has 0 aromatic heterocycles. The number of carbonyl (C=O) groups excluding carboxylic acids is 2. The summed E-state index contributed by atoms with van der Waals surface area (Å²) in [5.74, 6) is -0.0272. The molecule has 2 aromatic rings. The highest BCUT2D eigenvalue weighted by Gasteiger charge is 2.11. The van der Waals surface area contributed by atoms with Crippen LogP contribution in [0.25, 0.3) is 0 Å². The first-order valence-corrected chi connectivity index (χ1v) is 7.42. The van der Waals surface area contributed by atoms with Crippen molar-refractivity contribution in [2.75, 3.05) is 6.61 Å². The van der Waals surface area contributed by atoms with E-state index in [1.165, 1.54) is 0 Å². The number of carbonyl (C=O) groups is 2. The van der Waals surface area contributed by atoms with Crippen molar-refractivity contribution in [3.63, 3.8) is 0 Å². The fourth-order valence-corrected chi connectivity index (χ4v) is 2.10. The van der Waals surface area contributed by atoms with E-state index in [2.05, 4.69) is 10.9 Å². The third-order valence-corrected chi connectivity index (χ3v) is 3.35. The van der Waals surface area contributed by atoms with Crippen LogP contribution in [0.4, 0.5) is 0 Å². The summed E-state index contributed by atoms with van der Waals surface area (Å²) in [6.45, 7) is 6.22. The molecule has 0 saturated carbocycles. The van der Waals surface area contributed by atoms with Gasteiger partial charge in [-0.15, -0.1) is 0 Å². The number of nitrogens with one attached hydrogen (secondary N) is 2. The fourth-order valence-electron chi connectivity index (χ4n) is 2.10. The van der Waals surface area contributed by atoms with Gasteiger partial charge in [0.2, 0.25) is 0 Å². The van der Waals surface area contributed by atoms with Crippen molar-refractivity contribution >= 4 is 11.8 Å². The lowest BCUT2D eigenvalue weighted by molar-refractivity contribution is 0.0846. The molecular formula is C18H20N2O3. The van der Waals surface area contributed by atoms with Gasteiger partial charge in [0.15, 0.2) is 0 Å². The summed E-state index contributed by atoms with van der Waals surface area (Å²) >= 11 is 0. The maximum Gasteiger partial charge on any atom is 0.269 e. The highest BCUT2D eigenvalue weighted by Crippen LogP contribution is 2.12. The Morgan fingerprint density at radius 1 is 0.957 bits per heavy atom. The van der Waals surface area contributed by atoms with Crippen LogP contribution in [0, 0.1) is 13.8 Å². The number of benzene rings is 2. The second-order valence-corrected chi connectivity index (χ2v) is 5.18. The van der Waals surface area contributed by atoms with Crippen molar-refractivity contribution in [1.29, 1.82) is 0 Å². The quantitative estimate of drug-likeness (QED) is 0.853. The summed E-state index contributed by atoms with van der Waals surface area (Å²) < 4.78 is 5.32. The first-order valence-electron chi connectivity index (χ1n) is 7.42. The summed E-state index contributed by atoms with van der Waals surface area (Å²) in [5, 5.41) is 0. The predicted octanol–water partition coefficient (Wildman–Crippen LogP) is 2.78. The minimum atomic E-state index is -0.383. The summed E-state index contributed by atoms with van der Waals surface area (Å²) in [5.41, 5.74) is 7.66. The number of aryl methyl sites for hydroxylation is 2. The maximum atomic E-state index is 12.1. The van der Waals surface area contributed by atoms with E-state index >= 15 is 0 Å². The van der Waals surface area contributed by atoms with Gasteiger partial charge in [0.05, 0.1) is 6.61 Å². The molecule has 0 radical (unpaired) electrons. The minimum absolute atomic E-state index is 0.342. The summed E-state index contributed by atoms with van der Waals surface area (Å²) in [7, 11) is 0. The molecule has 23 heavy (non-hydrogen) atoms. The third kappa shape index (κ3) is 4.32. The van der Waals surface area contributed by atoms with Gasteiger partial charge in [-0.2, -0.15) is 0 Å². The molecule has 2 amide bonds. The Hall–Kier alpha value is -2.82. The largest absolute Gasteiger partial charge is 0.494 e. The first kappa shape index (κ1) is 16.5. The zero-order valence-corrected chi connectivity index (χ0v) is 13.5. The molecule has 0 atom stereocenters. The van der Waals surface area contributed by atoms with E-state index in [-0.39, 0.29) is 11.8 Å². The van der Waals surface area contributed by atoms with Gasteiger partial charge in [-0.05, 0) is 56.7 Å². The Morgan fingerprint density at radius 3 is 2.26 bits per heavy atom. The van der Waals surface area contributed by atoms with Crippen LogP contribution in [0.3, 0.4) is 0 Å². The van der Waals surface area contributed by atoms with Gasteiger partial charge in [0.25, 0.3) is 11.8 Å². The SMILES string of the molecule is CCOc1ccc(C(=O)NNC(=O)c2cc(C)ccc2C)cc1. The molecule has 0 saturated heterocycles. The van der Waals surface area contributed by atoms with Crippen LogP contribution in [0.2, 0.25) is 0 Å². The van der Waals surface area contributed by atoms with Gasteiger partial charge in [-0.1, -0.05) is 17.7 Å². The molecule has 5 nitrogen and oxygen atoms in total. The maximum absolute atomic E-state index is 12.1. The second-order valence-electron chi connectivity index (χ2n) is 5.18. The van der Waals surface area contributed by atoms with Crippen LogP contribution in [-0.4, -0.2) is 18.4 Å². The van der Waals surface area contributed by atoms with Gasteiger partial charge >= 0.3 is 0 Å². The monoisotopic (exact) mass is 312 g/mol. The molecule has 0 aliphatic carbocycles. The molecular weight excluding hydrogens is 292 g/mol. The van der Waals surface area contributed by atoms with Crippen LogP contribution in [-0.2, 0) is 0 Å². The van der Waals surface area contributed by atoms with Crippen LogP contribution < -0.4 is 15.6 Å². The highest BCUT2D eigenvalue weighted by molar-refractivity contribution is 5.99. The average molecular weight is 312 g/mol. The van der Waals surface area contributed by atoms with Gasteiger partial charge < -0.3 is 4.74 Å². The summed E-state index contributed by atoms with van der Waals surface area (Å²) in [4.78, 5) is 24.2. The third-order valence-electron chi connectivity index (χ3n) is 3.35. The van der Waals surface area contributed by atoms with E-state index in [1.807, 2.05) is 32.9 Å². The Labute approximate surface area is 135 Å². The standard InChI is InChI=1S/C18H20N2O3/c1-4-23-15-9-7-14(8-10-15)17(21)19-20-18(22)16-11-12(2)5-6-13(16)3/h5-11H,4H2,1-3H3,(H,19,21)(H,20,22). The molecule has 2 N–H and O–H groups in total. The van der Waals surface area contributed by atoms with Crippen molar-refractivity contribution in [2.24, 2.45) is 0 Å². The van der Waals surface area contributed by atoms with Crippen molar-refractivity contribution in [3.8, 4) is 5.75 Å². The van der Waals surface area contributed by atoms with Crippen molar-refractivity contribution in [2.45, 2.75) is 20.8 Å². The lowest BCUT2D eigenvalue weighted by Gasteiger charge is -2.10. The average Bonchev–Trinajstić information content (AvgIpc) is 2.55. The van der Waals surface area contributed by atoms with Crippen LogP contribution in [0.15, 0.2) is 42.5 Å². The number of hydrogen-bond donors (Lipinski definition) is 2. The lowest BCUT2D eigenvalue weighted by atomic mass is 10.1. The Bertz CT molecular complexity index is 709. The Kier molecular flexibility index (Phi) is 5.36. The van der Waals surface area contributed by atoms with E-state index in [0.29, 0.717) is 23.5 Å². The van der Waals surface area contributed by atoms with Gasteiger partial charge in [-0.3, -0.25) is 20.4 Å². The fraction of sp³-hybridized carbons (Fsp3) is 0.222. The number of ether oxygens (including phenoxy) is 1. The van der Waals surface area contributed by atoms with Crippen molar-refractivity contribution in [3.05, 3.63) is 64.7 Å². The Morgan fingerprint density at radius 2 is 1.61 bits per heavy atom. The number of rotatable bonds is 4. The molecule has 0 heterocycles. The molecule has 5 heteroatoms. The zero-order valence-electron chi connectivity index (χ0n) is 13.5. The number of hydrazine groups is 1. The molecule has 0 unspecified atom stereocenters. The normalized spacial score (nSPS) is 10.0. The molecule has 0 spiro atoms. The topological polar surface area (TPSA) is 67.4 Å². The molecule has 0 aliphatic rings. The Balaban J connectivity index is 1.98. The van der Waals surface area contributed by atoms with Gasteiger partial charge in [0, 0.05) is 11.1 Å². The zero-order chi connectivity index (χ0) is 16.8. The van der Waals surface area contributed by atoms with E-state index in [9.17, 15) is 9.59 Å². The van der Waals surface area contributed by atoms with Crippen LogP contribution in [0.5, 0.6) is 5.75 Å². The smallest absolute Gasteiger partial charge is 0.269 e. The highest BCUT2D eigenvalue weighted by atomic mass is 16.5. The van der Waals surface area contributed by atoms with E-state index in [4.69, 9.17) is 4.74 Å². The van der Waals surface area contributed by atoms with E-state index in [1.54, 1.807) is 30.3 Å². The van der Waals surface area contributed by atoms with E-state index in [0.717, 1.165) is 11.1 Å². The molecule has 0 fully saturated rings. The van der Waals surface area contributed by atoms with Crippen molar-refractivity contribution < 1.29 is 14.3 Å². The molecule has 0 bridgehead atoms. The minimum Gasteiger partial charge on any atom is -0.494 e. The number of hydrogen-bond acceptors (Lipinski definition) is 3. The van der Waals surface area contributed by atoms with Crippen molar-refractivity contribution in [1.82, 2.24) is 10.9 Å². The summed E-state index contributed by atoms with van der Waals surface area (Å²) in [6.07, 6.45) is 0. The predicted molar refractivity (Wildman–Crippen MR) is 88.5 cm³/mol. The first-order chi connectivity index (χ1) is 11.0.